The Morgan fingerprint density at radius 3 is 2.90 bits per heavy atom. The Kier molecular flexibility index (Phi) is 2.24. The molecule has 0 spiro atoms. The van der Waals surface area contributed by atoms with Crippen molar-refractivity contribution in [2.24, 2.45) is 0 Å². The lowest BCUT2D eigenvalue weighted by molar-refractivity contribution is 0.546. The number of nitrogens with zero attached hydrogens (tertiary/aromatic N) is 3. The highest BCUT2D eigenvalue weighted by Gasteiger charge is 2.14. The summed E-state index contributed by atoms with van der Waals surface area (Å²) in [5.74, 6) is 1.49. The van der Waals surface area contributed by atoms with Crippen LogP contribution in [-0.2, 0) is 0 Å². The second-order valence-corrected chi connectivity index (χ2v) is 5.15. The van der Waals surface area contributed by atoms with E-state index in [4.69, 9.17) is 4.42 Å². The summed E-state index contributed by atoms with van der Waals surface area (Å²) in [6.45, 7) is 4.17. The zero-order valence-corrected chi connectivity index (χ0v) is 11.3. The first-order chi connectivity index (χ1) is 9.72. The quantitative estimate of drug-likeness (QED) is 0.601. The van der Waals surface area contributed by atoms with Crippen LogP contribution in [-0.4, -0.2) is 19.7 Å². The summed E-state index contributed by atoms with van der Waals surface area (Å²) in [5, 5.41) is 5.40. The molecule has 0 atom stereocenters. The van der Waals surface area contributed by atoms with Crippen LogP contribution in [0, 0.1) is 0 Å². The van der Waals surface area contributed by atoms with Gasteiger partial charge in [-0.1, -0.05) is 18.2 Å². The molecule has 0 saturated heterocycles. The van der Waals surface area contributed by atoms with Crippen LogP contribution in [0.15, 0.2) is 40.9 Å². The molecule has 100 valence electrons. The summed E-state index contributed by atoms with van der Waals surface area (Å²) < 4.78 is 7.73. The van der Waals surface area contributed by atoms with Crippen LogP contribution in [0.4, 0.5) is 0 Å². The van der Waals surface area contributed by atoms with E-state index < -0.39 is 0 Å². The predicted octanol–water partition coefficient (Wildman–Crippen LogP) is 3.75. The van der Waals surface area contributed by atoms with Gasteiger partial charge < -0.3 is 9.40 Å². The van der Waals surface area contributed by atoms with E-state index in [2.05, 4.69) is 28.9 Å². The number of aromatic amines is 1. The van der Waals surface area contributed by atoms with E-state index in [1.165, 1.54) is 0 Å². The fourth-order valence-electron chi connectivity index (χ4n) is 2.41. The van der Waals surface area contributed by atoms with Gasteiger partial charge in [-0.2, -0.15) is 5.10 Å². The number of nitrogens with one attached hydrogen (secondary N) is 1. The van der Waals surface area contributed by atoms with Crippen molar-refractivity contribution in [3.63, 3.8) is 0 Å². The number of hydrogen-bond donors (Lipinski definition) is 1. The fourth-order valence-corrected chi connectivity index (χ4v) is 2.41. The molecule has 0 unspecified atom stereocenters. The first-order valence-corrected chi connectivity index (χ1v) is 6.64. The molecule has 5 nitrogen and oxygen atoms in total. The van der Waals surface area contributed by atoms with Gasteiger partial charge in [-0.15, -0.1) is 0 Å². The average Bonchev–Trinajstić information content (AvgIpc) is 3.10. The Balaban J connectivity index is 1.89. The molecular weight excluding hydrogens is 252 g/mol. The summed E-state index contributed by atoms with van der Waals surface area (Å²) in [6, 6.07) is 10.2. The lowest BCUT2D eigenvalue weighted by atomic mass is 10.2. The first kappa shape index (κ1) is 11.3. The zero-order chi connectivity index (χ0) is 13.7. The van der Waals surface area contributed by atoms with E-state index in [1.54, 1.807) is 6.20 Å². The van der Waals surface area contributed by atoms with Gasteiger partial charge in [0.15, 0.2) is 17.2 Å². The van der Waals surface area contributed by atoms with Crippen molar-refractivity contribution >= 4 is 22.1 Å². The van der Waals surface area contributed by atoms with Gasteiger partial charge in [0, 0.05) is 11.4 Å². The first-order valence-electron chi connectivity index (χ1n) is 6.64. The van der Waals surface area contributed by atoms with Gasteiger partial charge in [0.25, 0.3) is 0 Å². The molecule has 5 heteroatoms. The normalized spacial score (nSPS) is 11.9. The smallest absolute Gasteiger partial charge is 0.177 e. The van der Waals surface area contributed by atoms with Gasteiger partial charge in [0.2, 0.25) is 0 Å². The molecule has 0 aliphatic rings. The van der Waals surface area contributed by atoms with Gasteiger partial charge in [0.05, 0.1) is 6.20 Å². The Hall–Kier alpha value is -2.56. The summed E-state index contributed by atoms with van der Waals surface area (Å²) in [7, 11) is 0. The number of furan rings is 1. The largest absolute Gasteiger partial charge is 0.453 e. The zero-order valence-electron chi connectivity index (χ0n) is 11.3. The highest BCUT2D eigenvalue weighted by molar-refractivity contribution is 5.83. The molecule has 0 aliphatic heterocycles. The molecule has 0 saturated carbocycles. The molecule has 3 heterocycles. The van der Waals surface area contributed by atoms with E-state index in [0.717, 1.165) is 33.7 Å². The Morgan fingerprint density at radius 2 is 2.10 bits per heavy atom. The maximum atomic E-state index is 5.83. The monoisotopic (exact) mass is 266 g/mol. The molecule has 20 heavy (non-hydrogen) atoms. The maximum Gasteiger partial charge on any atom is 0.177 e. The number of benzene rings is 1. The predicted molar refractivity (Wildman–Crippen MR) is 77.5 cm³/mol. The molecule has 3 aromatic heterocycles. The number of para-hydroxylation sites is 1. The van der Waals surface area contributed by atoms with Crippen molar-refractivity contribution in [1.29, 1.82) is 0 Å². The SMILES string of the molecule is CC(C)n1ncc2[nH]c(-c3cc4ccccc4o3)nc21. The second-order valence-electron chi connectivity index (χ2n) is 5.15. The van der Waals surface area contributed by atoms with Crippen molar-refractivity contribution in [2.45, 2.75) is 19.9 Å². The third kappa shape index (κ3) is 1.56. The van der Waals surface area contributed by atoms with E-state index in [0.29, 0.717) is 0 Å². The topological polar surface area (TPSA) is 59.6 Å². The second kappa shape index (κ2) is 3.96. The van der Waals surface area contributed by atoms with Crippen molar-refractivity contribution in [2.75, 3.05) is 0 Å². The minimum absolute atomic E-state index is 0.277. The minimum atomic E-state index is 0.277. The van der Waals surface area contributed by atoms with Gasteiger partial charge in [-0.3, -0.25) is 0 Å². The number of rotatable bonds is 2. The summed E-state index contributed by atoms with van der Waals surface area (Å²) >= 11 is 0. The highest BCUT2D eigenvalue weighted by Crippen LogP contribution is 2.27. The summed E-state index contributed by atoms with van der Waals surface area (Å²) in [4.78, 5) is 7.87. The van der Waals surface area contributed by atoms with E-state index in [1.807, 2.05) is 35.0 Å². The highest BCUT2D eigenvalue weighted by atomic mass is 16.3. The number of imidazole rings is 1. The maximum absolute atomic E-state index is 5.83. The Bertz CT molecular complexity index is 864. The summed E-state index contributed by atoms with van der Waals surface area (Å²) in [6.07, 6.45) is 1.80. The fraction of sp³-hybridized carbons (Fsp3) is 0.200. The molecule has 0 fully saturated rings. The lowest BCUT2D eigenvalue weighted by Crippen LogP contribution is -2.02. The van der Waals surface area contributed by atoms with Crippen LogP contribution in [0.5, 0.6) is 0 Å². The Labute approximate surface area is 115 Å². The van der Waals surface area contributed by atoms with Crippen LogP contribution in [0.25, 0.3) is 33.7 Å². The molecule has 0 amide bonds. The van der Waals surface area contributed by atoms with Gasteiger partial charge in [-0.05, 0) is 26.0 Å². The standard InChI is InChI=1S/C15H14N4O/c1-9(2)19-15-11(8-16-19)17-14(18-15)13-7-10-5-3-4-6-12(10)20-13/h3-9H,1-2H3,(H,17,18). The summed E-state index contributed by atoms with van der Waals surface area (Å²) in [5.41, 5.74) is 2.65. The number of H-pyrrole nitrogens is 1. The molecule has 1 aromatic carbocycles. The average molecular weight is 266 g/mol. The van der Waals surface area contributed by atoms with Gasteiger partial charge in [0.1, 0.15) is 11.1 Å². The van der Waals surface area contributed by atoms with Gasteiger partial charge in [-0.25, -0.2) is 9.67 Å². The molecular formula is C15H14N4O. The van der Waals surface area contributed by atoms with E-state index in [-0.39, 0.29) is 6.04 Å². The van der Waals surface area contributed by atoms with Crippen molar-refractivity contribution in [3.05, 3.63) is 36.5 Å². The van der Waals surface area contributed by atoms with Crippen molar-refractivity contribution in [3.8, 4) is 11.6 Å². The van der Waals surface area contributed by atoms with Crippen LogP contribution in [0.2, 0.25) is 0 Å². The van der Waals surface area contributed by atoms with Crippen molar-refractivity contribution in [1.82, 2.24) is 19.7 Å². The van der Waals surface area contributed by atoms with Crippen LogP contribution in [0.3, 0.4) is 0 Å². The van der Waals surface area contributed by atoms with Gasteiger partial charge >= 0.3 is 0 Å². The minimum Gasteiger partial charge on any atom is -0.453 e. The molecule has 1 N–H and O–H groups in total. The van der Waals surface area contributed by atoms with E-state index in [9.17, 15) is 0 Å². The molecule has 4 aromatic rings. The van der Waals surface area contributed by atoms with Crippen LogP contribution in [0.1, 0.15) is 19.9 Å². The lowest BCUT2D eigenvalue weighted by Gasteiger charge is -2.03. The molecule has 0 bridgehead atoms. The third-order valence-electron chi connectivity index (χ3n) is 3.39. The van der Waals surface area contributed by atoms with Crippen molar-refractivity contribution < 1.29 is 4.42 Å². The Morgan fingerprint density at radius 1 is 1.25 bits per heavy atom. The van der Waals surface area contributed by atoms with E-state index >= 15 is 0 Å². The van der Waals surface area contributed by atoms with Crippen LogP contribution >= 0.6 is 0 Å². The molecule has 0 aliphatic carbocycles. The third-order valence-corrected chi connectivity index (χ3v) is 3.39. The molecule has 0 radical (unpaired) electrons. The number of fused-ring (bicyclic) bond motifs is 2. The number of aromatic nitrogens is 4. The number of hydrogen-bond acceptors (Lipinski definition) is 3. The van der Waals surface area contributed by atoms with Crippen LogP contribution < -0.4 is 0 Å². The molecule has 4 rings (SSSR count).